The van der Waals surface area contributed by atoms with Gasteiger partial charge in [-0.05, 0) is 25.1 Å². The minimum atomic E-state index is -4.72. The van der Waals surface area contributed by atoms with E-state index in [2.05, 4.69) is 0 Å². The van der Waals surface area contributed by atoms with Crippen LogP contribution < -0.4 is 10.5 Å². The first-order valence-corrected chi connectivity index (χ1v) is 6.99. The Bertz CT molecular complexity index is 631. The molecule has 1 aromatic rings. The molecule has 0 heterocycles. The number of sulfonamides is 1. The number of carbonyl (C=O) groups is 1. The molecule has 1 atom stereocenters. The maximum atomic E-state index is 12.5. The van der Waals surface area contributed by atoms with Gasteiger partial charge >= 0.3 is 6.18 Å². The lowest BCUT2D eigenvalue weighted by molar-refractivity contribution is -0.137. The highest BCUT2D eigenvalue weighted by Crippen LogP contribution is 2.33. The van der Waals surface area contributed by atoms with Gasteiger partial charge in [0.1, 0.15) is 4.90 Å². The number of alkyl halides is 3. The summed E-state index contributed by atoms with van der Waals surface area (Å²) in [6.45, 7) is 1.15. The molecule has 1 aromatic carbocycles. The van der Waals surface area contributed by atoms with Crippen LogP contribution in [-0.2, 0) is 21.0 Å². The molecule has 0 bridgehead atoms. The monoisotopic (exact) mass is 330 g/mol. The summed E-state index contributed by atoms with van der Waals surface area (Å²) in [6.07, 6.45) is -4.72. The minimum absolute atomic E-state index is 0.387. The van der Waals surface area contributed by atoms with Crippen LogP contribution in [0.2, 0.25) is 5.02 Å². The van der Waals surface area contributed by atoms with Crippen LogP contribution in [0.4, 0.5) is 13.2 Å². The Morgan fingerprint density at radius 3 is 2.40 bits per heavy atom. The standard InChI is InChI=1S/C10H10ClF3N2O3S/c1-5(9(15)17)16-20(18,19)8-4-6(10(12,13)14)2-3-7(8)11/h2-5,16H,1H3,(H2,15,17). The van der Waals surface area contributed by atoms with Crippen LogP contribution in [0.1, 0.15) is 12.5 Å². The van der Waals surface area contributed by atoms with Gasteiger partial charge in [-0.15, -0.1) is 0 Å². The summed E-state index contributed by atoms with van der Waals surface area (Å²) in [5.74, 6) is -0.975. The molecule has 5 nitrogen and oxygen atoms in total. The predicted octanol–water partition coefficient (Wildman–Crippen LogP) is 1.51. The van der Waals surface area contributed by atoms with Crippen molar-refractivity contribution in [3.63, 3.8) is 0 Å². The summed E-state index contributed by atoms with van der Waals surface area (Å²) < 4.78 is 63.2. The minimum Gasteiger partial charge on any atom is -0.368 e. The third kappa shape index (κ3) is 3.84. The summed E-state index contributed by atoms with van der Waals surface area (Å²) in [5, 5.41) is -0.401. The van der Waals surface area contributed by atoms with Gasteiger partial charge in [0.2, 0.25) is 15.9 Å². The number of carbonyl (C=O) groups excluding carboxylic acids is 1. The Morgan fingerprint density at radius 2 is 1.95 bits per heavy atom. The third-order valence-corrected chi connectivity index (χ3v) is 4.33. The van der Waals surface area contributed by atoms with Crippen molar-refractivity contribution in [3.8, 4) is 0 Å². The summed E-state index contributed by atoms with van der Waals surface area (Å²) in [5.41, 5.74) is 3.71. The largest absolute Gasteiger partial charge is 0.416 e. The van der Waals surface area contributed by atoms with Crippen LogP contribution in [0.15, 0.2) is 23.1 Å². The van der Waals surface area contributed by atoms with Gasteiger partial charge in [-0.2, -0.15) is 17.9 Å². The number of nitrogens with one attached hydrogen (secondary N) is 1. The summed E-state index contributed by atoms with van der Waals surface area (Å²) >= 11 is 5.59. The number of primary amides is 1. The number of nitrogens with two attached hydrogens (primary N) is 1. The van der Waals surface area contributed by atoms with Crippen LogP contribution in [0.25, 0.3) is 0 Å². The van der Waals surface area contributed by atoms with Crippen LogP contribution in [0.5, 0.6) is 0 Å². The average Bonchev–Trinajstić information content (AvgIpc) is 2.26. The van der Waals surface area contributed by atoms with E-state index in [1.807, 2.05) is 4.72 Å². The van der Waals surface area contributed by atoms with Crippen molar-refractivity contribution in [1.29, 1.82) is 0 Å². The summed E-state index contributed by atoms with van der Waals surface area (Å²) in [7, 11) is -4.40. The molecule has 0 saturated carbocycles. The molecule has 20 heavy (non-hydrogen) atoms. The highest BCUT2D eigenvalue weighted by molar-refractivity contribution is 7.89. The molecule has 3 N–H and O–H groups in total. The highest BCUT2D eigenvalue weighted by Gasteiger charge is 2.33. The normalized spacial score (nSPS) is 14.1. The molecular weight excluding hydrogens is 321 g/mol. The van der Waals surface area contributed by atoms with Gasteiger partial charge in [0.05, 0.1) is 16.6 Å². The Hall–Kier alpha value is -1.32. The van der Waals surface area contributed by atoms with Gasteiger partial charge in [0, 0.05) is 0 Å². The lowest BCUT2D eigenvalue weighted by atomic mass is 10.2. The second-order valence-corrected chi connectivity index (χ2v) is 5.98. The zero-order valence-electron chi connectivity index (χ0n) is 10.0. The molecule has 0 aliphatic heterocycles. The molecule has 0 spiro atoms. The topological polar surface area (TPSA) is 89.3 Å². The van der Waals surface area contributed by atoms with Crippen LogP contribution >= 0.6 is 11.6 Å². The zero-order valence-corrected chi connectivity index (χ0v) is 11.6. The predicted molar refractivity (Wildman–Crippen MR) is 65.4 cm³/mol. The SMILES string of the molecule is CC(NS(=O)(=O)c1cc(C(F)(F)F)ccc1Cl)C(N)=O. The number of benzene rings is 1. The Kier molecular flexibility index (Phi) is 4.67. The number of hydrogen-bond donors (Lipinski definition) is 2. The van der Waals surface area contributed by atoms with Gasteiger partial charge in [-0.1, -0.05) is 11.6 Å². The van der Waals surface area contributed by atoms with Gasteiger partial charge in [-0.3, -0.25) is 4.79 Å². The van der Waals surface area contributed by atoms with E-state index in [4.69, 9.17) is 17.3 Å². The number of rotatable bonds is 4. The Morgan fingerprint density at radius 1 is 1.40 bits per heavy atom. The highest BCUT2D eigenvalue weighted by atomic mass is 35.5. The van der Waals surface area contributed by atoms with E-state index >= 15 is 0 Å². The lowest BCUT2D eigenvalue weighted by Crippen LogP contribution is -2.42. The van der Waals surface area contributed by atoms with Gasteiger partial charge in [-0.25, -0.2) is 8.42 Å². The number of halogens is 4. The van der Waals surface area contributed by atoms with Crippen molar-refractivity contribution in [3.05, 3.63) is 28.8 Å². The van der Waals surface area contributed by atoms with E-state index in [0.29, 0.717) is 12.1 Å². The zero-order chi connectivity index (χ0) is 15.7. The van der Waals surface area contributed by atoms with Crippen molar-refractivity contribution in [2.75, 3.05) is 0 Å². The van der Waals surface area contributed by atoms with E-state index in [9.17, 15) is 26.4 Å². The Labute approximate surface area is 118 Å². The number of amides is 1. The first kappa shape index (κ1) is 16.7. The van der Waals surface area contributed by atoms with E-state index in [1.165, 1.54) is 0 Å². The summed E-state index contributed by atoms with van der Waals surface area (Å²) in [4.78, 5) is 10.0. The van der Waals surface area contributed by atoms with Crippen molar-refractivity contribution in [1.82, 2.24) is 4.72 Å². The van der Waals surface area contributed by atoms with Crippen molar-refractivity contribution < 1.29 is 26.4 Å². The molecule has 0 saturated heterocycles. The van der Waals surface area contributed by atoms with Crippen molar-refractivity contribution in [2.45, 2.75) is 24.0 Å². The average molecular weight is 331 g/mol. The Balaban J connectivity index is 3.28. The molecule has 0 aliphatic carbocycles. The summed E-state index contributed by atoms with van der Waals surface area (Å²) in [6, 6.07) is 0.566. The van der Waals surface area contributed by atoms with Crippen molar-refractivity contribution in [2.24, 2.45) is 5.73 Å². The quantitative estimate of drug-likeness (QED) is 0.877. The smallest absolute Gasteiger partial charge is 0.368 e. The van der Waals surface area contributed by atoms with Crippen molar-refractivity contribution >= 4 is 27.5 Å². The molecule has 10 heteroatoms. The van der Waals surface area contributed by atoms with Crippen LogP contribution in [-0.4, -0.2) is 20.4 Å². The van der Waals surface area contributed by atoms with Gasteiger partial charge in [0.25, 0.3) is 0 Å². The van der Waals surface area contributed by atoms with E-state index in [-0.39, 0.29) is 0 Å². The maximum absolute atomic E-state index is 12.5. The lowest BCUT2D eigenvalue weighted by Gasteiger charge is -2.14. The molecule has 0 aromatic heterocycles. The first-order chi connectivity index (χ1) is 8.95. The van der Waals surface area contributed by atoms with E-state index < -0.39 is 43.6 Å². The second kappa shape index (κ2) is 5.58. The fraction of sp³-hybridized carbons (Fsp3) is 0.300. The molecule has 1 unspecified atom stereocenters. The second-order valence-electron chi connectivity index (χ2n) is 3.89. The van der Waals surface area contributed by atoms with E-state index in [1.54, 1.807) is 0 Å². The molecule has 0 aliphatic rings. The van der Waals surface area contributed by atoms with Crippen LogP contribution in [0.3, 0.4) is 0 Å². The fourth-order valence-electron chi connectivity index (χ4n) is 1.24. The molecule has 112 valence electrons. The molecule has 0 radical (unpaired) electrons. The first-order valence-electron chi connectivity index (χ1n) is 5.13. The van der Waals surface area contributed by atoms with Crippen LogP contribution in [0, 0.1) is 0 Å². The molecule has 1 rings (SSSR count). The van der Waals surface area contributed by atoms with Gasteiger partial charge in [0.15, 0.2) is 0 Å². The van der Waals surface area contributed by atoms with Gasteiger partial charge < -0.3 is 5.73 Å². The third-order valence-electron chi connectivity index (χ3n) is 2.31. The van der Waals surface area contributed by atoms with E-state index in [0.717, 1.165) is 13.0 Å². The fourth-order valence-corrected chi connectivity index (χ4v) is 2.98. The molecule has 1 amide bonds. The molecular formula is C10H10ClF3N2O3S. The maximum Gasteiger partial charge on any atom is 0.416 e. The number of hydrogen-bond acceptors (Lipinski definition) is 3. The molecule has 0 fully saturated rings.